The van der Waals surface area contributed by atoms with Crippen molar-refractivity contribution in [2.24, 2.45) is 5.92 Å². The fraction of sp³-hybridized carbons (Fsp3) is 0.533. The summed E-state index contributed by atoms with van der Waals surface area (Å²) in [6.07, 6.45) is 0.405. The minimum atomic E-state index is -0.318. The molecule has 0 fully saturated rings. The van der Waals surface area contributed by atoms with Crippen molar-refractivity contribution >= 4 is 5.78 Å². The highest BCUT2D eigenvalue weighted by molar-refractivity contribution is 5.86. The number of nitrogens with one attached hydrogen (secondary N) is 1. The first-order valence-electron chi connectivity index (χ1n) is 6.45. The van der Waals surface area contributed by atoms with Crippen molar-refractivity contribution in [3.05, 3.63) is 35.6 Å². The summed E-state index contributed by atoms with van der Waals surface area (Å²) in [5, 5.41) is 3.22. The molecule has 1 atom stereocenters. The molecule has 18 heavy (non-hydrogen) atoms. The van der Waals surface area contributed by atoms with Gasteiger partial charge >= 0.3 is 0 Å². The molecule has 0 saturated carbocycles. The third kappa shape index (κ3) is 4.22. The van der Waals surface area contributed by atoms with Crippen LogP contribution in [0.1, 0.15) is 33.3 Å². The normalized spacial score (nSPS) is 13.1. The van der Waals surface area contributed by atoms with Crippen LogP contribution >= 0.6 is 0 Å². The first-order valence-corrected chi connectivity index (χ1v) is 6.45. The Bertz CT molecular complexity index is 401. The van der Waals surface area contributed by atoms with E-state index < -0.39 is 0 Å². The van der Waals surface area contributed by atoms with Gasteiger partial charge in [0.15, 0.2) is 5.78 Å². The van der Waals surface area contributed by atoms with Crippen LogP contribution in [0.5, 0.6) is 0 Å². The monoisotopic (exact) mass is 251 g/mol. The highest BCUT2D eigenvalue weighted by atomic mass is 19.1. The lowest BCUT2D eigenvalue weighted by molar-refractivity contribution is -0.124. The molecule has 0 bridgehead atoms. The van der Waals surface area contributed by atoms with Crippen molar-refractivity contribution in [3.8, 4) is 0 Å². The molecule has 0 aliphatic carbocycles. The molecule has 1 aromatic rings. The van der Waals surface area contributed by atoms with Gasteiger partial charge in [-0.2, -0.15) is 0 Å². The first-order chi connectivity index (χ1) is 8.41. The standard InChI is InChI=1S/C15H22FNO/c1-10(2)15(18)14(17-11(3)4)9-12-7-5-6-8-13(12)16/h5-8,10-11,14,17H,9H2,1-4H3/t14-/m0/s1. The van der Waals surface area contributed by atoms with E-state index in [1.54, 1.807) is 18.2 Å². The molecule has 0 aliphatic rings. The molecule has 0 unspecified atom stereocenters. The minimum absolute atomic E-state index is 0.0481. The SMILES string of the molecule is CC(C)N[C@@H](Cc1ccccc1F)C(=O)C(C)C. The second-order valence-corrected chi connectivity index (χ2v) is 5.23. The molecular weight excluding hydrogens is 229 g/mol. The van der Waals surface area contributed by atoms with Crippen molar-refractivity contribution < 1.29 is 9.18 Å². The molecule has 0 amide bonds. The van der Waals surface area contributed by atoms with Gasteiger partial charge in [0.1, 0.15) is 5.82 Å². The highest BCUT2D eigenvalue weighted by Crippen LogP contribution is 2.12. The number of halogens is 1. The predicted molar refractivity (Wildman–Crippen MR) is 72.0 cm³/mol. The zero-order chi connectivity index (χ0) is 13.7. The van der Waals surface area contributed by atoms with Gasteiger partial charge in [-0.3, -0.25) is 4.79 Å². The van der Waals surface area contributed by atoms with Crippen molar-refractivity contribution in [3.63, 3.8) is 0 Å². The maximum absolute atomic E-state index is 13.6. The minimum Gasteiger partial charge on any atom is -0.305 e. The maximum Gasteiger partial charge on any atom is 0.152 e. The Morgan fingerprint density at radius 1 is 1.22 bits per heavy atom. The Balaban J connectivity index is 2.85. The zero-order valence-electron chi connectivity index (χ0n) is 11.5. The molecule has 0 aliphatic heterocycles. The van der Waals surface area contributed by atoms with E-state index >= 15 is 0 Å². The first kappa shape index (κ1) is 14.8. The van der Waals surface area contributed by atoms with Crippen LogP contribution in [-0.4, -0.2) is 17.9 Å². The molecule has 0 spiro atoms. The molecule has 100 valence electrons. The van der Waals surface area contributed by atoms with Gasteiger partial charge in [-0.25, -0.2) is 4.39 Å². The molecule has 1 aromatic carbocycles. The summed E-state index contributed by atoms with van der Waals surface area (Å²) >= 11 is 0. The fourth-order valence-corrected chi connectivity index (χ4v) is 1.93. The fourth-order valence-electron chi connectivity index (χ4n) is 1.93. The van der Waals surface area contributed by atoms with Gasteiger partial charge < -0.3 is 5.32 Å². The summed E-state index contributed by atoms with van der Waals surface area (Å²) in [5.74, 6) is -0.162. The van der Waals surface area contributed by atoms with Crippen molar-refractivity contribution in [2.75, 3.05) is 0 Å². The molecular formula is C15H22FNO. The third-order valence-corrected chi connectivity index (χ3v) is 2.83. The quantitative estimate of drug-likeness (QED) is 0.842. The molecule has 2 nitrogen and oxygen atoms in total. The van der Waals surface area contributed by atoms with Gasteiger partial charge in [0.25, 0.3) is 0 Å². The summed E-state index contributed by atoms with van der Waals surface area (Å²) in [6.45, 7) is 7.72. The molecule has 1 N–H and O–H groups in total. The number of rotatable bonds is 6. The van der Waals surface area contributed by atoms with Gasteiger partial charge in [-0.1, -0.05) is 45.9 Å². The molecule has 0 saturated heterocycles. The average molecular weight is 251 g/mol. The number of benzene rings is 1. The number of Topliss-reactive ketones (excluding diaryl/α,β-unsaturated/α-hetero) is 1. The van der Waals surface area contributed by atoms with Crippen LogP contribution < -0.4 is 5.32 Å². The van der Waals surface area contributed by atoms with E-state index in [1.165, 1.54) is 6.07 Å². The lowest BCUT2D eigenvalue weighted by Gasteiger charge is -2.22. The number of hydrogen-bond donors (Lipinski definition) is 1. The van der Waals surface area contributed by atoms with Crippen LogP contribution in [0.15, 0.2) is 24.3 Å². The number of ketones is 1. The summed E-state index contributed by atoms with van der Waals surface area (Å²) in [5.41, 5.74) is 0.588. The number of hydrogen-bond acceptors (Lipinski definition) is 2. The average Bonchev–Trinajstić information content (AvgIpc) is 2.29. The summed E-state index contributed by atoms with van der Waals surface area (Å²) < 4.78 is 13.6. The molecule has 3 heteroatoms. The highest BCUT2D eigenvalue weighted by Gasteiger charge is 2.22. The second-order valence-electron chi connectivity index (χ2n) is 5.23. The van der Waals surface area contributed by atoms with Crippen molar-refractivity contribution in [1.29, 1.82) is 0 Å². The summed E-state index contributed by atoms with van der Waals surface area (Å²) in [6, 6.07) is 6.50. The Labute approximate surface area is 109 Å². The van der Waals surface area contributed by atoms with Gasteiger partial charge in [0.2, 0.25) is 0 Å². The lowest BCUT2D eigenvalue weighted by Crippen LogP contribution is -2.44. The number of carbonyl (C=O) groups excluding carboxylic acids is 1. The van der Waals surface area contributed by atoms with Crippen LogP contribution in [0.2, 0.25) is 0 Å². The topological polar surface area (TPSA) is 29.1 Å². The Kier molecular flexibility index (Phi) is 5.48. The van der Waals surface area contributed by atoms with Crippen LogP contribution in [0.25, 0.3) is 0 Å². The lowest BCUT2D eigenvalue weighted by atomic mass is 9.95. The molecule has 1 rings (SSSR count). The van der Waals surface area contributed by atoms with E-state index in [2.05, 4.69) is 5.32 Å². The van der Waals surface area contributed by atoms with Crippen LogP contribution in [0.3, 0.4) is 0 Å². The van der Waals surface area contributed by atoms with Gasteiger partial charge in [0.05, 0.1) is 6.04 Å². The van der Waals surface area contributed by atoms with Crippen molar-refractivity contribution in [1.82, 2.24) is 5.32 Å². The van der Waals surface area contributed by atoms with E-state index in [4.69, 9.17) is 0 Å². The van der Waals surface area contributed by atoms with Gasteiger partial charge in [-0.05, 0) is 18.1 Å². The zero-order valence-corrected chi connectivity index (χ0v) is 11.5. The Morgan fingerprint density at radius 2 is 1.83 bits per heavy atom. The van der Waals surface area contributed by atoms with Crippen LogP contribution in [0, 0.1) is 11.7 Å². The predicted octanol–water partition coefficient (Wildman–Crippen LogP) is 2.96. The second kappa shape index (κ2) is 6.64. The molecule has 0 aromatic heterocycles. The van der Waals surface area contributed by atoms with E-state index in [0.717, 1.165) is 0 Å². The van der Waals surface area contributed by atoms with Crippen LogP contribution in [0.4, 0.5) is 4.39 Å². The number of carbonyl (C=O) groups is 1. The van der Waals surface area contributed by atoms with Crippen LogP contribution in [-0.2, 0) is 11.2 Å². The maximum atomic E-state index is 13.6. The van der Waals surface area contributed by atoms with Crippen molar-refractivity contribution in [2.45, 2.75) is 46.2 Å². The van der Waals surface area contributed by atoms with Gasteiger partial charge in [0, 0.05) is 12.0 Å². The van der Waals surface area contributed by atoms with E-state index in [1.807, 2.05) is 27.7 Å². The molecule has 0 radical (unpaired) electrons. The molecule has 0 heterocycles. The Hall–Kier alpha value is -1.22. The smallest absolute Gasteiger partial charge is 0.152 e. The largest absolute Gasteiger partial charge is 0.305 e. The summed E-state index contributed by atoms with van der Waals surface area (Å²) in [4.78, 5) is 12.1. The Morgan fingerprint density at radius 3 is 2.33 bits per heavy atom. The summed E-state index contributed by atoms with van der Waals surface area (Å²) in [7, 11) is 0. The van der Waals surface area contributed by atoms with E-state index in [0.29, 0.717) is 12.0 Å². The van der Waals surface area contributed by atoms with E-state index in [-0.39, 0.29) is 29.6 Å². The third-order valence-electron chi connectivity index (χ3n) is 2.83. The van der Waals surface area contributed by atoms with E-state index in [9.17, 15) is 9.18 Å². The van der Waals surface area contributed by atoms with Gasteiger partial charge in [-0.15, -0.1) is 0 Å².